The Morgan fingerprint density at radius 2 is 1.74 bits per heavy atom. The zero-order valence-electron chi connectivity index (χ0n) is 22.6. The normalized spacial score (nSPS) is 21.5. The van der Waals surface area contributed by atoms with E-state index in [1.165, 1.54) is 11.3 Å². The molecular weight excluding hydrogens is 482 g/mol. The zero-order valence-corrected chi connectivity index (χ0v) is 22.6. The lowest BCUT2D eigenvalue weighted by Gasteiger charge is -2.38. The van der Waals surface area contributed by atoms with Crippen LogP contribution in [0.2, 0.25) is 0 Å². The third-order valence-electron chi connectivity index (χ3n) is 8.13. The van der Waals surface area contributed by atoms with Crippen LogP contribution >= 0.6 is 0 Å². The van der Waals surface area contributed by atoms with Gasteiger partial charge < -0.3 is 19.3 Å². The Kier molecular flexibility index (Phi) is 7.58. The number of carbonyl (C=O) groups excluding carboxylic acids is 3. The molecule has 0 radical (unpaired) electrons. The first-order valence-electron chi connectivity index (χ1n) is 13.6. The summed E-state index contributed by atoms with van der Waals surface area (Å²) in [6.45, 7) is 5.49. The van der Waals surface area contributed by atoms with Gasteiger partial charge in [-0.1, -0.05) is 19.1 Å². The number of rotatable bonds is 7. The standard InChI is InChI=1S/C30H37N3O5/c1-20-7-5-15-32(18-20)28(34)22-8-6-14-31(19-22)24-10-4-9-23-27(24)30(36)33(29(23)35)16-13-21-11-12-25(37-2)26(17-21)38-3/h4,9-12,17,20,22H,5-8,13-16,18-19H2,1-3H3. The van der Waals surface area contributed by atoms with Crippen LogP contribution in [-0.4, -0.2) is 74.5 Å². The fraction of sp³-hybridized carbons (Fsp3) is 0.500. The molecule has 8 heteroatoms. The largest absolute Gasteiger partial charge is 0.493 e. The lowest BCUT2D eigenvalue weighted by atomic mass is 9.93. The number of anilines is 1. The van der Waals surface area contributed by atoms with Gasteiger partial charge >= 0.3 is 0 Å². The number of carbonyl (C=O) groups is 3. The van der Waals surface area contributed by atoms with Crippen molar-refractivity contribution in [1.82, 2.24) is 9.80 Å². The lowest BCUT2D eigenvalue weighted by molar-refractivity contribution is -0.137. The van der Waals surface area contributed by atoms with Crippen molar-refractivity contribution < 1.29 is 23.9 Å². The number of piperidine rings is 2. The summed E-state index contributed by atoms with van der Waals surface area (Å²) in [7, 11) is 3.17. The maximum absolute atomic E-state index is 13.6. The highest BCUT2D eigenvalue weighted by Crippen LogP contribution is 2.35. The predicted molar refractivity (Wildman–Crippen MR) is 145 cm³/mol. The minimum atomic E-state index is -0.265. The van der Waals surface area contributed by atoms with Crippen LogP contribution in [0.5, 0.6) is 11.5 Å². The number of amides is 3. The van der Waals surface area contributed by atoms with Gasteiger partial charge in [0.25, 0.3) is 11.8 Å². The molecule has 2 saturated heterocycles. The van der Waals surface area contributed by atoms with E-state index in [-0.39, 0.29) is 30.2 Å². The molecule has 3 amide bonds. The van der Waals surface area contributed by atoms with E-state index in [9.17, 15) is 14.4 Å². The first-order valence-corrected chi connectivity index (χ1v) is 13.6. The number of likely N-dealkylation sites (tertiary alicyclic amines) is 1. The number of benzene rings is 2. The number of hydrogen-bond acceptors (Lipinski definition) is 6. The number of fused-ring (bicyclic) bond motifs is 1. The molecule has 202 valence electrons. The molecule has 2 aromatic rings. The van der Waals surface area contributed by atoms with Gasteiger partial charge in [0, 0.05) is 32.7 Å². The molecule has 2 atom stereocenters. The molecule has 0 aliphatic carbocycles. The predicted octanol–water partition coefficient (Wildman–Crippen LogP) is 4.02. The topological polar surface area (TPSA) is 79.4 Å². The van der Waals surface area contributed by atoms with E-state index in [0.717, 1.165) is 50.1 Å². The van der Waals surface area contributed by atoms with Crippen molar-refractivity contribution in [3.05, 3.63) is 53.1 Å². The minimum absolute atomic E-state index is 0.0849. The first kappa shape index (κ1) is 26.1. The molecule has 2 aromatic carbocycles. The molecule has 3 heterocycles. The van der Waals surface area contributed by atoms with E-state index in [1.807, 2.05) is 35.2 Å². The Bertz CT molecular complexity index is 1230. The monoisotopic (exact) mass is 519 g/mol. The summed E-state index contributed by atoms with van der Waals surface area (Å²) < 4.78 is 10.7. The van der Waals surface area contributed by atoms with Gasteiger partial charge in [0.2, 0.25) is 5.91 Å². The van der Waals surface area contributed by atoms with Crippen molar-refractivity contribution in [2.45, 2.75) is 39.0 Å². The maximum Gasteiger partial charge on any atom is 0.263 e. The number of ether oxygens (including phenoxy) is 2. The molecule has 0 aromatic heterocycles. The molecule has 38 heavy (non-hydrogen) atoms. The van der Waals surface area contributed by atoms with E-state index in [0.29, 0.717) is 41.5 Å². The Morgan fingerprint density at radius 1 is 0.947 bits per heavy atom. The van der Waals surface area contributed by atoms with Gasteiger partial charge in [0.05, 0.1) is 37.0 Å². The quantitative estimate of drug-likeness (QED) is 0.514. The van der Waals surface area contributed by atoms with E-state index in [1.54, 1.807) is 20.3 Å². The average molecular weight is 520 g/mol. The summed E-state index contributed by atoms with van der Waals surface area (Å²) in [5.74, 6) is 1.40. The van der Waals surface area contributed by atoms with Crippen LogP contribution in [-0.2, 0) is 11.2 Å². The maximum atomic E-state index is 13.6. The Labute approximate surface area is 224 Å². The summed E-state index contributed by atoms with van der Waals surface area (Å²) in [4.78, 5) is 45.7. The summed E-state index contributed by atoms with van der Waals surface area (Å²) in [6, 6.07) is 11.1. The Balaban J connectivity index is 1.31. The van der Waals surface area contributed by atoms with Crippen LogP contribution in [0.1, 0.15) is 58.9 Å². The third kappa shape index (κ3) is 4.96. The first-order chi connectivity index (χ1) is 18.4. The van der Waals surface area contributed by atoms with Crippen LogP contribution < -0.4 is 14.4 Å². The number of methoxy groups -OCH3 is 2. The van der Waals surface area contributed by atoms with Crippen LogP contribution in [0.15, 0.2) is 36.4 Å². The van der Waals surface area contributed by atoms with Crippen LogP contribution in [0, 0.1) is 11.8 Å². The average Bonchev–Trinajstić information content (AvgIpc) is 3.20. The highest BCUT2D eigenvalue weighted by atomic mass is 16.5. The zero-order chi connectivity index (χ0) is 26.8. The SMILES string of the molecule is COc1ccc(CCN2C(=O)c3cccc(N4CCCC(C(=O)N5CCCC(C)C5)C4)c3C2=O)cc1OC. The number of hydrogen-bond donors (Lipinski definition) is 0. The van der Waals surface area contributed by atoms with E-state index in [4.69, 9.17) is 9.47 Å². The molecule has 0 bridgehead atoms. The van der Waals surface area contributed by atoms with Crippen molar-refractivity contribution in [3.63, 3.8) is 0 Å². The molecular formula is C30H37N3O5. The van der Waals surface area contributed by atoms with E-state index < -0.39 is 0 Å². The molecule has 8 nitrogen and oxygen atoms in total. The summed E-state index contributed by atoms with van der Waals surface area (Å²) in [5.41, 5.74) is 2.62. The van der Waals surface area contributed by atoms with Crippen molar-refractivity contribution in [2.24, 2.45) is 11.8 Å². The van der Waals surface area contributed by atoms with Crippen LogP contribution in [0.3, 0.4) is 0 Å². The molecule has 2 unspecified atom stereocenters. The molecule has 3 aliphatic heterocycles. The summed E-state index contributed by atoms with van der Waals surface area (Å²) in [6.07, 6.45) is 4.49. The second-order valence-corrected chi connectivity index (χ2v) is 10.7. The van der Waals surface area contributed by atoms with Gasteiger partial charge in [-0.05, 0) is 67.9 Å². The number of nitrogens with zero attached hydrogens (tertiary/aromatic N) is 3. The fourth-order valence-corrected chi connectivity index (χ4v) is 6.10. The Hall–Kier alpha value is -3.55. The van der Waals surface area contributed by atoms with Crippen molar-refractivity contribution in [3.8, 4) is 11.5 Å². The van der Waals surface area contributed by atoms with Gasteiger partial charge in [-0.3, -0.25) is 19.3 Å². The second kappa shape index (κ2) is 11.1. The summed E-state index contributed by atoms with van der Waals surface area (Å²) in [5, 5.41) is 0. The van der Waals surface area contributed by atoms with Crippen molar-refractivity contribution in [1.29, 1.82) is 0 Å². The minimum Gasteiger partial charge on any atom is -0.493 e. The number of imide groups is 1. The fourth-order valence-electron chi connectivity index (χ4n) is 6.10. The Morgan fingerprint density at radius 3 is 2.50 bits per heavy atom. The van der Waals surface area contributed by atoms with Crippen LogP contribution in [0.4, 0.5) is 5.69 Å². The lowest BCUT2D eigenvalue weighted by Crippen LogP contribution is -2.48. The molecule has 2 fully saturated rings. The van der Waals surface area contributed by atoms with Gasteiger partial charge in [-0.25, -0.2) is 0 Å². The smallest absolute Gasteiger partial charge is 0.263 e. The second-order valence-electron chi connectivity index (χ2n) is 10.7. The van der Waals surface area contributed by atoms with E-state index >= 15 is 0 Å². The van der Waals surface area contributed by atoms with Crippen LogP contribution in [0.25, 0.3) is 0 Å². The molecule has 5 rings (SSSR count). The third-order valence-corrected chi connectivity index (χ3v) is 8.13. The van der Waals surface area contributed by atoms with Crippen molar-refractivity contribution in [2.75, 3.05) is 51.8 Å². The molecule has 0 N–H and O–H groups in total. The molecule has 3 aliphatic rings. The van der Waals surface area contributed by atoms with E-state index in [2.05, 4.69) is 11.8 Å². The highest BCUT2D eigenvalue weighted by molar-refractivity contribution is 6.23. The molecule has 0 spiro atoms. The van der Waals surface area contributed by atoms with Gasteiger partial charge in [0.15, 0.2) is 11.5 Å². The van der Waals surface area contributed by atoms with Gasteiger partial charge in [0.1, 0.15) is 0 Å². The van der Waals surface area contributed by atoms with Gasteiger partial charge in [-0.2, -0.15) is 0 Å². The summed E-state index contributed by atoms with van der Waals surface area (Å²) >= 11 is 0. The highest BCUT2D eigenvalue weighted by Gasteiger charge is 2.39. The molecule has 0 saturated carbocycles. The van der Waals surface area contributed by atoms with Crippen molar-refractivity contribution >= 4 is 23.4 Å². The van der Waals surface area contributed by atoms with Gasteiger partial charge in [-0.15, -0.1) is 0 Å².